The summed E-state index contributed by atoms with van der Waals surface area (Å²) in [5, 5.41) is 17.0. The van der Waals surface area contributed by atoms with Gasteiger partial charge in [0.25, 0.3) is 0 Å². The molecule has 0 unspecified atom stereocenters. The molecule has 0 saturated heterocycles. The third kappa shape index (κ3) is 4.39. The Bertz CT molecular complexity index is 258. The zero-order valence-electron chi connectivity index (χ0n) is 7.11. The first kappa shape index (κ1) is 12.6. The van der Waals surface area contributed by atoms with E-state index in [9.17, 15) is 0 Å². The number of benzene rings is 1. The molecule has 1 aromatic carbocycles. The summed E-state index contributed by atoms with van der Waals surface area (Å²) in [5.74, 6) is 0.475. The monoisotopic (exact) mass is 174 g/mol. The summed E-state index contributed by atoms with van der Waals surface area (Å²) in [5.41, 5.74) is 2.07. The predicted octanol–water partition coefficient (Wildman–Crippen LogP) is 0.00324. The van der Waals surface area contributed by atoms with Crippen molar-refractivity contribution in [3.63, 3.8) is 0 Å². The van der Waals surface area contributed by atoms with E-state index >= 15 is 0 Å². The molecule has 0 fully saturated rings. The molecule has 0 aliphatic carbocycles. The molecule has 2 N–H and O–H groups in total. The van der Waals surface area contributed by atoms with E-state index in [1.807, 2.05) is 19.9 Å². The fourth-order valence-corrected chi connectivity index (χ4v) is 1.12. The van der Waals surface area contributed by atoms with Gasteiger partial charge in [-0.3, -0.25) is 0 Å². The summed E-state index contributed by atoms with van der Waals surface area (Å²) in [7, 11) is -1.74. The average Bonchev–Trinajstić information content (AvgIpc) is 1.81. The van der Waals surface area contributed by atoms with Crippen LogP contribution in [0.4, 0.5) is 0 Å². The second-order valence-corrected chi connectivity index (χ2v) is 2.77. The fraction of sp³-hybridized carbons (Fsp3) is 0.250. The molecule has 0 saturated carbocycles. The quantitative estimate of drug-likeness (QED) is 0.620. The summed E-state index contributed by atoms with van der Waals surface area (Å²) >= 11 is 0. The van der Waals surface area contributed by atoms with Crippen LogP contribution in [0.25, 0.3) is 0 Å². The van der Waals surface area contributed by atoms with E-state index < -0.39 is 7.32 Å². The van der Waals surface area contributed by atoms with Crippen molar-refractivity contribution in [3.05, 3.63) is 29.3 Å². The minimum absolute atomic E-state index is 0. The van der Waals surface area contributed by atoms with Crippen LogP contribution < -0.4 is 4.65 Å². The van der Waals surface area contributed by atoms with Crippen molar-refractivity contribution in [3.8, 4) is 5.75 Å². The molecule has 1 aromatic rings. The van der Waals surface area contributed by atoms with Crippen molar-refractivity contribution >= 4 is 26.2 Å². The van der Waals surface area contributed by atoms with Crippen LogP contribution in [0.15, 0.2) is 18.2 Å². The van der Waals surface area contributed by atoms with Gasteiger partial charge in [-0.15, -0.1) is 0 Å². The van der Waals surface area contributed by atoms with Crippen molar-refractivity contribution in [1.29, 1.82) is 0 Å². The molecule has 3 nitrogen and oxygen atoms in total. The van der Waals surface area contributed by atoms with Gasteiger partial charge in [-0.1, -0.05) is 6.07 Å². The van der Waals surface area contributed by atoms with Crippen LogP contribution >= 0.6 is 0 Å². The molecule has 0 aromatic heterocycles. The molecule has 5 heteroatoms. The molecule has 0 aliphatic rings. The van der Waals surface area contributed by atoms with E-state index in [1.54, 1.807) is 12.1 Å². The Labute approximate surface area is 90.1 Å². The summed E-state index contributed by atoms with van der Waals surface area (Å²) in [6, 6.07) is 5.47. The van der Waals surface area contributed by atoms with Crippen molar-refractivity contribution in [2.45, 2.75) is 13.8 Å². The Morgan fingerprint density at radius 3 is 1.92 bits per heavy atom. The standard InChI is InChI=1S/C8H11BO3.Li.H/c1-6-3-7(2)5-8(4-6)12-9(10)11;;/h3-5,10-11H,1-2H3;;. The first-order valence-corrected chi connectivity index (χ1v) is 3.69. The molecule has 0 amide bonds. The van der Waals surface area contributed by atoms with Crippen LogP contribution in [0.3, 0.4) is 0 Å². The van der Waals surface area contributed by atoms with Gasteiger partial charge in [0.15, 0.2) is 0 Å². The first-order valence-electron chi connectivity index (χ1n) is 3.69. The maximum absolute atomic E-state index is 8.52. The van der Waals surface area contributed by atoms with Crippen LogP contribution in [0.1, 0.15) is 11.1 Å². The number of aryl methyl sites for hydroxylation is 2. The van der Waals surface area contributed by atoms with E-state index in [1.165, 1.54) is 0 Å². The maximum atomic E-state index is 8.52. The van der Waals surface area contributed by atoms with Crippen LogP contribution in [-0.2, 0) is 0 Å². The Morgan fingerprint density at radius 1 is 1.08 bits per heavy atom. The molecule has 13 heavy (non-hydrogen) atoms. The van der Waals surface area contributed by atoms with Gasteiger partial charge < -0.3 is 14.7 Å². The Hall–Kier alpha value is -0.398. The molecule has 0 atom stereocenters. The van der Waals surface area contributed by atoms with E-state index in [0.29, 0.717) is 5.75 Å². The van der Waals surface area contributed by atoms with E-state index in [-0.39, 0.29) is 18.9 Å². The second-order valence-electron chi connectivity index (χ2n) is 2.77. The minimum atomic E-state index is -1.74. The van der Waals surface area contributed by atoms with Crippen LogP contribution in [0.5, 0.6) is 5.75 Å². The third-order valence-corrected chi connectivity index (χ3v) is 1.44. The van der Waals surface area contributed by atoms with Gasteiger partial charge in [0.05, 0.1) is 0 Å². The normalized spacial score (nSPS) is 8.92. The first-order chi connectivity index (χ1) is 5.58. The SMILES string of the molecule is Cc1cc(C)cc(OB(O)O)c1.[LiH]. The molecule has 0 heterocycles. The Balaban J connectivity index is 0.00000144. The molecular weight excluding hydrogens is 162 g/mol. The third-order valence-electron chi connectivity index (χ3n) is 1.44. The molecule has 66 valence electrons. The summed E-state index contributed by atoms with van der Waals surface area (Å²) in [6.45, 7) is 3.84. The van der Waals surface area contributed by atoms with Crippen molar-refractivity contribution < 1.29 is 14.7 Å². The van der Waals surface area contributed by atoms with Crippen molar-refractivity contribution in [2.75, 3.05) is 0 Å². The zero-order valence-corrected chi connectivity index (χ0v) is 7.11. The number of hydrogen-bond donors (Lipinski definition) is 2. The van der Waals surface area contributed by atoms with E-state index in [0.717, 1.165) is 11.1 Å². The number of rotatable bonds is 2. The Morgan fingerprint density at radius 2 is 1.54 bits per heavy atom. The van der Waals surface area contributed by atoms with Gasteiger partial charge in [-0.25, -0.2) is 0 Å². The van der Waals surface area contributed by atoms with Gasteiger partial charge in [0, 0.05) is 0 Å². The molecule has 0 radical (unpaired) electrons. The summed E-state index contributed by atoms with van der Waals surface area (Å²) in [6.07, 6.45) is 0. The number of hydrogen-bond acceptors (Lipinski definition) is 3. The van der Waals surface area contributed by atoms with E-state index in [4.69, 9.17) is 10.0 Å². The molecule has 0 aliphatic heterocycles. The molecule has 0 spiro atoms. The second kappa shape index (κ2) is 5.36. The van der Waals surface area contributed by atoms with Gasteiger partial charge in [-0.2, -0.15) is 0 Å². The summed E-state index contributed by atoms with van der Waals surface area (Å²) < 4.78 is 4.69. The molecule has 0 bridgehead atoms. The van der Waals surface area contributed by atoms with E-state index in [2.05, 4.69) is 4.65 Å². The van der Waals surface area contributed by atoms with Gasteiger partial charge >= 0.3 is 26.2 Å². The van der Waals surface area contributed by atoms with Crippen LogP contribution in [0.2, 0.25) is 0 Å². The fourth-order valence-electron chi connectivity index (χ4n) is 1.12. The topological polar surface area (TPSA) is 49.7 Å². The van der Waals surface area contributed by atoms with Gasteiger partial charge in [0.1, 0.15) is 5.75 Å². The van der Waals surface area contributed by atoms with Crippen molar-refractivity contribution in [2.24, 2.45) is 0 Å². The summed E-state index contributed by atoms with van der Waals surface area (Å²) in [4.78, 5) is 0. The molecule has 1 rings (SSSR count). The predicted molar refractivity (Wildman–Crippen MR) is 53.9 cm³/mol. The Kier molecular flexibility index (Phi) is 5.19. The van der Waals surface area contributed by atoms with Crippen LogP contribution in [0, 0.1) is 13.8 Å². The molecular formula is C8H12BLiO3. The average molecular weight is 174 g/mol. The van der Waals surface area contributed by atoms with Gasteiger partial charge in [-0.05, 0) is 37.1 Å². The van der Waals surface area contributed by atoms with Crippen LogP contribution in [-0.4, -0.2) is 36.2 Å². The van der Waals surface area contributed by atoms with Crippen molar-refractivity contribution in [1.82, 2.24) is 0 Å². The zero-order chi connectivity index (χ0) is 9.14. The van der Waals surface area contributed by atoms with Gasteiger partial charge in [0.2, 0.25) is 0 Å².